The zero-order chi connectivity index (χ0) is 53.6. The Labute approximate surface area is 450 Å². The van der Waals surface area contributed by atoms with E-state index < -0.39 is 26.6 Å². The fourth-order valence-corrected chi connectivity index (χ4v) is 8.92. The van der Waals surface area contributed by atoms with Crippen molar-refractivity contribution in [3.05, 3.63) is 85.1 Å². The Morgan fingerprint density at radius 1 is 0.493 bits per heavy atom. The maximum absolute atomic E-state index is 13.5. The number of likely N-dealkylation sites (N-methyl/N-ethyl adjacent to an activating group) is 1. The van der Waals surface area contributed by atoms with Crippen LogP contribution >= 0.6 is 7.82 Å². The number of amides is 1. The van der Waals surface area contributed by atoms with E-state index in [9.17, 15) is 19.0 Å². The summed E-state index contributed by atoms with van der Waals surface area (Å²) in [7, 11) is 1.14. The Bertz CT molecular complexity index is 1530. The second-order valence-corrected chi connectivity index (χ2v) is 22.5. The molecular weight excluding hydrogens is 928 g/mol. The van der Waals surface area contributed by atoms with Gasteiger partial charge < -0.3 is 28.5 Å². The molecule has 0 saturated carbocycles. The number of ether oxygens (including phenoxy) is 1. The van der Waals surface area contributed by atoms with Gasteiger partial charge in [-0.1, -0.05) is 228 Å². The summed E-state index contributed by atoms with van der Waals surface area (Å²) in [6.07, 6.45) is 68.5. The van der Waals surface area contributed by atoms with E-state index in [1.807, 2.05) is 33.3 Å². The van der Waals surface area contributed by atoms with Crippen LogP contribution in [-0.4, -0.2) is 69.4 Å². The van der Waals surface area contributed by atoms with Crippen LogP contribution in [0.1, 0.15) is 252 Å². The lowest BCUT2D eigenvalue weighted by Gasteiger charge is -2.30. The standard InChI is InChI=1S/C63H113N2O7P/c1-7-10-13-16-19-22-25-27-29-31-32-34-36-38-41-44-47-50-53-56-63(67)72-61(54-51-48-45-42-39-24-21-18-15-12-9-3)60(59-71-73(68,69)70-58-57-65(4,5)6)64-62(66)55-52-49-46-43-40-37-35-33-30-28-26-23-20-17-14-11-8-2/h11,14,20,23,27-30,35,37,43,46,51,54,60-61H,7-10,12-13,15-19,21-22,24-26,31-34,36,38-42,44-45,47-50,52-53,55-59H2,1-6H3,(H-,64,66,68,69)/b14-11-,23-20-,29-27+,30-28-,37-35-,46-43-,54-51+. The molecule has 422 valence electrons. The Balaban J connectivity index is 5.34. The summed E-state index contributed by atoms with van der Waals surface area (Å²) >= 11 is 0. The highest BCUT2D eigenvalue weighted by molar-refractivity contribution is 7.45. The predicted octanol–water partition coefficient (Wildman–Crippen LogP) is 17.6. The molecule has 0 rings (SSSR count). The summed E-state index contributed by atoms with van der Waals surface area (Å²) in [6, 6.07) is -0.921. The van der Waals surface area contributed by atoms with Gasteiger partial charge in [0, 0.05) is 12.8 Å². The smallest absolute Gasteiger partial charge is 0.306 e. The Kier molecular flexibility index (Phi) is 50.6. The number of carbonyl (C=O) groups excluding carboxylic acids is 2. The number of esters is 1. The summed E-state index contributed by atoms with van der Waals surface area (Å²) in [4.78, 5) is 39.9. The maximum Gasteiger partial charge on any atom is 0.306 e. The molecule has 0 spiro atoms. The minimum absolute atomic E-state index is 0.0363. The fraction of sp³-hybridized carbons (Fsp3) is 0.746. The van der Waals surface area contributed by atoms with Crippen LogP contribution in [0.3, 0.4) is 0 Å². The fourth-order valence-electron chi connectivity index (χ4n) is 8.20. The summed E-state index contributed by atoms with van der Waals surface area (Å²) in [5, 5.41) is 2.99. The molecule has 9 nitrogen and oxygen atoms in total. The SMILES string of the molecule is CC/C=C\C/C=C\C/C=C\C/C=C\C/C=C\CCCC(=O)NC(COP(=O)([O-])OCC[N+](C)(C)C)C(/C=C/CCCCCCCCCCC)OC(=O)CCCCCCCCCCC/C=C/CCCCCCCC. The van der Waals surface area contributed by atoms with Gasteiger partial charge in [-0.2, -0.15) is 0 Å². The number of nitrogens with one attached hydrogen (secondary N) is 1. The Morgan fingerprint density at radius 2 is 0.890 bits per heavy atom. The van der Waals surface area contributed by atoms with Crippen molar-refractivity contribution in [2.75, 3.05) is 40.9 Å². The number of rotatable bonds is 53. The maximum atomic E-state index is 13.5. The van der Waals surface area contributed by atoms with Crippen LogP contribution in [0.5, 0.6) is 0 Å². The molecule has 0 aliphatic rings. The molecule has 0 aromatic heterocycles. The van der Waals surface area contributed by atoms with E-state index >= 15 is 0 Å². The molecular formula is C63H113N2O7P. The molecule has 0 aromatic carbocycles. The van der Waals surface area contributed by atoms with Gasteiger partial charge in [0.2, 0.25) is 5.91 Å². The molecule has 0 aliphatic heterocycles. The lowest BCUT2D eigenvalue weighted by molar-refractivity contribution is -0.870. The van der Waals surface area contributed by atoms with Gasteiger partial charge in [-0.3, -0.25) is 14.2 Å². The molecule has 3 atom stereocenters. The average Bonchev–Trinajstić information content (AvgIpc) is 3.35. The molecule has 10 heteroatoms. The second kappa shape index (κ2) is 52.6. The number of quaternary nitrogens is 1. The largest absolute Gasteiger partial charge is 0.756 e. The number of hydrogen-bond donors (Lipinski definition) is 1. The van der Waals surface area contributed by atoms with Crippen molar-refractivity contribution in [3.8, 4) is 0 Å². The van der Waals surface area contributed by atoms with Gasteiger partial charge in [-0.15, -0.1) is 0 Å². The van der Waals surface area contributed by atoms with E-state index in [-0.39, 0.29) is 31.3 Å². The van der Waals surface area contributed by atoms with E-state index in [4.69, 9.17) is 13.8 Å². The van der Waals surface area contributed by atoms with Crippen LogP contribution in [0.2, 0.25) is 0 Å². The van der Waals surface area contributed by atoms with E-state index in [0.29, 0.717) is 17.4 Å². The summed E-state index contributed by atoms with van der Waals surface area (Å²) in [5.41, 5.74) is 0. The van der Waals surface area contributed by atoms with Gasteiger partial charge >= 0.3 is 5.97 Å². The predicted molar refractivity (Wildman–Crippen MR) is 311 cm³/mol. The van der Waals surface area contributed by atoms with Crippen molar-refractivity contribution < 1.29 is 37.3 Å². The summed E-state index contributed by atoms with van der Waals surface area (Å²) in [6.45, 7) is 6.67. The van der Waals surface area contributed by atoms with Crippen LogP contribution in [0.25, 0.3) is 0 Å². The van der Waals surface area contributed by atoms with E-state index in [1.54, 1.807) is 0 Å². The lowest BCUT2D eigenvalue weighted by Crippen LogP contribution is -2.47. The number of carbonyl (C=O) groups is 2. The zero-order valence-corrected chi connectivity index (χ0v) is 49.0. The quantitative estimate of drug-likeness (QED) is 0.0212. The highest BCUT2D eigenvalue weighted by Gasteiger charge is 2.27. The van der Waals surface area contributed by atoms with E-state index in [0.717, 1.165) is 83.5 Å². The molecule has 0 aliphatic carbocycles. The number of phosphoric acid groups is 1. The van der Waals surface area contributed by atoms with Crippen molar-refractivity contribution in [3.63, 3.8) is 0 Å². The van der Waals surface area contributed by atoms with Gasteiger partial charge in [-0.25, -0.2) is 0 Å². The van der Waals surface area contributed by atoms with Crippen molar-refractivity contribution in [2.45, 2.75) is 264 Å². The number of unbranched alkanes of at least 4 members (excludes halogenated alkanes) is 25. The molecule has 0 aromatic rings. The molecule has 1 N–H and O–H groups in total. The highest BCUT2D eigenvalue weighted by Crippen LogP contribution is 2.38. The summed E-state index contributed by atoms with van der Waals surface area (Å²) in [5.74, 6) is -0.613. The number of phosphoric ester groups is 1. The molecule has 0 heterocycles. The van der Waals surface area contributed by atoms with E-state index in [2.05, 4.69) is 99.0 Å². The molecule has 1 amide bonds. The molecule has 73 heavy (non-hydrogen) atoms. The average molecular weight is 1040 g/mol. The minimum Gasteiger partial charge on any atom is -0.756 e. The third-order valence-electron chi connectivity index (χ3n) is 12.8. The summed E-state index contributed by atoms with van der Waals surface area (Å²) < 4.78 is 30.2. The second-order valence-electron chi connectivity index (χ2n) is 21.1. The Hall–Kier alpha value is -2.81. The van der Waals surface area contributed by atoms with Gasteiger partial charge in [0.25, 0.3) is 7.82 Å². The first-order chi connectivity index (χ1) is 35.4. The van der Waals surface area contributed by atoms with Crippen LogP contribution in [0.15, 0.2) is 85.1 Å². The lowest BCUT2D eigenvalue weighted by atomic mass is 10.0. The van der Waals surface area contributed by atoms with Crippen molar-refractivity contribution in [2.24, 2.45) is 0 Å². The highest BCUT2D eigenvalue weighted by atomic mass is 31.2. The van der Waals surface area contributed by atoms with Crippen molar-refractivity contribution in [1.29, 1.82) is 0 Å². The minimum atomic E-state index is -4.71. The molecule has 0 saturated heterocycles. The number of allylic oxidation sites excluding steroid dienone is 13. The van der Waals surface area contributed by atoms with Crippen molar-refractivity contribution >= 4 is 19.7 Å². The first kappa shape index (κ1) is 70.2. The third-order valence-corrected chi connectivity index (χ3v) is 13.8. The van der Waals surface area contributed by atoms with Gasteiger partial charge in [0.1, 0.15) is 19.3 Å². The topological polar surface area (TPSA) is 114 Å². The first-order valence-electron chi connectivity index (χ1n) is 29.9. The van der Waals surface area contributed by atoms with Crippen LogP contribution in [0.4, 0.5) is 0 Å². The number of nitrogens with zero attached hydrogens (tertiary/aromatic N) is 1. The molecule has 0 bridgehead atoms. The van der Waals surface area contributed by atoms with Gasteiger partial charge in [-0.05, 0) is 96.0 Å². The van der Waals surface area contributed by atoms with Crippen LogP contribution < -0.4 is 10.2 Å². The Morgan fingerprint density at radius 3 is 1.36 bits per heavy atom. The van der Waals surface area contributed by atoms with Crippen molar-refractivity contribution in [1.82, 2.24) is 5.32 Å². The van der Waals surface area contributed by atoms with Gasteiger partial charge in [0.15, 0.2) is 0 Å². The third kappa shape index (κ3) is 53.8. The zero-order valence-electron chi connectivity index (χ0n) is 48.1. The number of hydrogen-bond acceptors (Lipinski definition) is 7. The molecule has 3 unspecified atom stereocenters. The molecule has 0 radical (unpaired) electrons. The monoisotopic (exact) mass is 1040 g/mol. The molecule has 0 fully saturated rings. The van der Waals surface area contributed by atoms with Gasteiger partial charge in [0.05, 0.1) is 33.8 Å². The normalized spacial score (nSPS) is 14.3. The van der Waals surface area contributed by atoms with E-state index in [1.165, 1.54) is 128 Å². The van der Waals surface area contributed by atoms with Crippen LogP contribution in [-0.2, 0) is 27.9 Å². The van der Waals surface area contributed by atoms with Crippen LogP contribution in [0, 0.1) is 0 Å². The first-order valence-corrected chi connectivity index (χ1v) is 31.4.